The van der Waals surface area contributed by atoms with Crippen LogP contribution in [0.2, 0.25) is 0 Å². The van der Waals surface area contributed by atoms with Crippen LogP contribution in [0.5, 0.6) is 11.5 Å². The summed E-state index contributed by atoms with van der Waals surface area (Å²) in [7, 11) is 0. The molecule has 2 aromatic rings. The van der Waals surface area contributed by atoms with Crippen molar-refractivity contribution in [3.05, 3.63) is 52.3 Å². The van der Waals surface area contributed by atoms with Gasteiger partial charge in [0, 0.05) is 37.0 Å². The fraction of sp³-hybridized carbons (Fsp3) is 0.333. The van der Waals surface area contributed by atoms with Crippen molar-refractivity contribution in [1.82, 2.24) is 0 Å². The Morgan fingerprint density at radius 3 is 2.85 bits per heavy atom. The minimum atomic E-state index is -0.590. The number of nitro benzene ring substituents is 1. The number of halogens is 1. The van der Waals surface area contributed by atoms with Crippen molar-refractivity contribution in [2.75, 3.05) is 30.1 Å². The fourth-order valence-corrected chi connectivity index (χ4v) is 3.40. The van der Waals surface area contributed by atoms with E-state index in [-0.39, 0.29) is 18.5 Å². The molecule has 7 nitrogen and oxygen atoms in total. The van der Waals surface area contributed by atoms with Gasteiger partial charge in [-0.05, 0) is 31.0 Å². The normalized spacial score (nSPS) is 18.7. The third-order valence-electron chi connectivity index (χ3n) is 4.65. The van der Waals surface area contributed by atoms with E-state index in [0.29, 0.717) is 24.5 Å². The van der Waals surface area contributed by atoms with Gasteiger partial charge in [0.2, 0.25) is 6.79 Å². The van der Waals surface area contributed by atoms with Crippen molar-refractivity contribution in [3.63, 3.8) is 0 Å². The van der Waals surface area contributed by atoms with E-state index >= 15 is 0 Å². The summed E-state index contributed by atoms with van der Waals surface area (Å²) >= 11 is 0. The number of nitrogens with zero attached hydrogens (tertiary/aromatic N) is 2. The van der Waals surface area contributed by atoms with Crippen LogP contribution in [-0.4, -0.2) is 30.8 Å². The molecule has 2 heterocycles. The molecule has 0 aromatic heterocycles. The van der Waals surface area contributed by atoms with Crippen molar-refractivity contribution < 1.29 is 18.8 Å². The van der Waals surface area contributed by atoms with Crippen LogP contribution in [0.25, 0.3) is 0 Å². The quantitative estimate of drug-likeness (QED) is 0.665. The van der Waals surface area contributed by atoms with E-state index in [4.69, 9.17) is 9.47 Å². The van der Waals surface area contributed by atoms with Gasteiger partial charge < -0.3 is 19.7 Å². The third-order valence-corrected chi connectivity index (χ3v) is 4.65. The maximum Gasteiger partial charge on any atom is 0.272 e. The van der Waals surface area contributed by atoms with Crippen LogP contribution >= 0.6 is 0 Å². The Morgan fingerprint density at radius 1 is 1.19 bits per heavy atom. The van der Waals surface area contributed by atoms with Gasteiger partial charge in [-0.15, -0.1) is 0 Å². The number of fused-ring (bicyclic) bond motifs is 1. The molecule has 2 aliphatic heterocycles. The summed E-state index contributed by atoms with van der Waals surface area (Å²) in [5.41, 5.74) is 1.08. The largest absolute Gasteiger partial charge is 0.454 e. The van der Waals surface area contributed by atoms with Crippen molar-refractivity contribution in [2.24, 2.45) is 0 Å². The Bertz CT molecular complexity index is 845. The van der Waals surface area contributed by atoms with Crippen molar-refractivity contribution in [2.45, 2.75) is 18.9 Å². The SMILES string of the molecule is O=[N+]([O-])c1ccc(N2CCCC(Nc3ccc4c(c3)OCO4)C2)c(F)c1. The number of anilines is 2. The highest BCUT2D eigenvalue weighted by Gasteiger charge is 2.24. The average molecular weight is 359 g/mol. The van der Waals surface area contributed by atoms with Crippen LogP contribution in [-0.2, 0) is 0 Å². The first-order valence-corrected chi connectivity index (χ1v) is 8.45. The lowest BCUT2D eigenvalue weighted by Crippen LogP contribution is -2.42. The van der Waals surface area contributed by atoms with E-state index < -0.39 is 10.7 Å². The van der Waals surface area contributed by atoms with Crippen LogP contribution in [0.15, 0.2) is 36.4 Å². The Balaban J connectivity index is 1.47. The van der Waals surface area contributed by atoms with Crippen LogP contribution in [0.1, 0.15) is 12.8 Å². The first-order chi connectivity index (χ1) is 12.6. The van der Waals surface area contributed by atoms with E-state index in [0.717, 1.165) is 30.3 Å². The highest BCUT2D eigenvalue weighted by atomic mass is 19.1. The number of hydrogen-bond acceptors (Lipinski definition) is 6. The standard InChI is InChI=1S/C18H18FN3O4/c19-15-9-14(22(23)24)4-5-16(15)21-7-1-2-13(10-21)20-12-3-6-17-18(8-12)26-11-25-17/h3-6,8-9,13,20H,1-2,7,10-11H2. The molecule has 1 atom stereocenters. The van der Waals surface area contributed by atoms with Crippen LogP contribution in [0.4, 0.5) is 21.5 Å². The van der Waals surface area contributed by atoms with Crippen LogP contribution in [0.3, 0.4) is 0 Å². The molecule has 26 heavy (non-hydrogen) atoms. The van der Waals surface area contributed by atoms with E-state index in [1.54, 1.807) is 0 Å². The average Bonchev–Trinajstić information content (AvgIpc) is 3.09. The fourth-order valence-electron chi connectivity index (χ4n) is 3.40. The van der Waals surface area contributed by atoms with Gasteiger partial charge in [0.15, 0.2) is 17.3 Å². The summed E-state index contributed by atoms with van der Waals surface area (Å²) < 4.78 is 25.0. The van der Waals surface area contributed by atoms with E-state index in [1.165, 1.54) is 12.1 Å². The second-order valence-corrected chi connectivity index (χ2v) is 6.39. The van der Waals surface area contributed by atoms with Crippen molar-refractivity contribution in [1.29, 1.82) is 0 Å². The Kier molecular flexibility index (Phi) is 4.24. The molecule has 0 radical (unpaired) electrons. The number of non-ortho nitro benzene ring substituents is 1. The first-order valence-electron chi connectivity index (χ1n) is 8.45. The Morgan fingerprint density at radius 2 is 2.04 bits per heavy atom. The monoisotopic (exact) mass is 359 g/mol. The minimum absolute atomic E-state index is 0.138. The molecule has 1 unspecified atom stereocenters. The van der Waals surface area contributed by atoms with Gasteiger partial charge in [-0.1, -0.05) is 0 Å². The summed E-state index contributed by atoms with van der Waals surface area (Å²) in [5, 5.41) is 14.2. The van der Waals surface area contributed by atoms with E-state index in [9.17, 15) is 14.5 Å². The topological polar surface area (TPSA) is 76.9 Å². The summed E-state index contributed by atoms with van der Waals surface area (Å²) in [5.74, 6) is 0.876. The molecule has 0 bridgehead atoms. The molecule has 0 aliphatic carbocycles. The van der Waals surface area contributed by atoms with Gasteiger partial charge in [-0.25, -0.2) is 4.39 Å². The summed E-state index contributed by atoms with van der Waals surface area (Å²) in [4.78, 5) is 12.1. The third kappa shape index (κ3) is 3.22. The predicted molar refractivity (Wildman–Crippen MR) is 94.5 cm³/mol. The predicted octanol–water partition coefficient (Wildman–Crippen LogP) is 3.54. The molecule has 0 saturated carbocycles. The Labute approximate surface area is 149 Å². The minimum Gasteiger partial charge on any atom is -0.454 e. The zero-order valence-corrected chi connectivity index (χ0v) is 14.0. The maximum atomic E-state index is 14.3. The molecule has 1 fully saturated rings. The van der Waals surface area contributed by atoms with Gasteiger partial charge in [-0.2, -0.15) is 0 Å². The maximum absolute atomic E-state index is 14.3. The summed E-state index contributed by atoms with van der Waals surface area (Å²) in [6.07, 6.45) is 1.86. The first kappa shape index (κ1) is 16.4. The van der Waals surface area contributed by atoms with Crippen molar-refractivity contribution in [3.8, 4) is 11.5 Å². The highest BCUT2D eigenvalue weighted by Crippen LogP contribution is 2.35. The molecule has 0 amide bonds. The van der Waals surface area contributed by atoms with Crippen LogP contribution < -0.4 is 19.7 Å². The van der Waals surface area contributed by atoms with Gasteiger partial charge >= 0.3 is 0 Å². The number of rotatable bonds is 4. The number of piperidine rings is 1. The van der Waals surface area contributed by atoms with Gasteiger partial charge in [-0.3, -0.25) is 10.1 Å². The molecule has 2 aliphatic rings. The molecule has 0 spiro atoms. The van der Waals surface area contributed by atoms with Gasteiger partial charge in [0.05, 0.1) is 16.7 Å². The molecule has 2 aromatic carbocycles. The Hall–Kier alpha value is -3.03. The molecule has 1 N–H and O–H groups in total. The summed E-state index contributed by atoms with van der Waals surface area (Å²) in [6, 6.07) is 9.63. The summed E-state index contributed by atoms with van der Waals surface area (Å²) in [6.45, 7) is 1.56. The lowest BCUT2D eigenvalue weighted by molar-refractivity contribution is -0.385. The number of ether oxygens (including phenoxy) is 2. The number of hydrogen-bond donors (Lipinski definition) is 1. The molecule has 8 heteroatoms. The second kappa shape index (κ2) is 6.70. The lowest BCUT2D eigenvalue weighted by atomic mass is 10.0. The van der Waals surface area contributed by atoms with Crippen LogP contribution in [0, 0.1) is 15.9 Å². The van der Waals surface area contributed by atoms with E-state index in [1.807, 2.05) is 23.1 Å². The molecule has 136 valence electrons. The molecule has 4 rings (SSSR count). The number of benzene rings is 2. The zero-order chi connectivity index (χ0) is 18.1. The highest BCUT2D eigenvalue weighted by molar-refractivity contribution is 5.57. The lowest BCUT2D eigenvalue weighted by Gasteiger charge is -2.35. The van der Waals surface area contributed by atoms with Gasteiger partial charge in [0.1, 0.15) is 0 Å². The molecular weight excluding hydrogens is 341 g/mol. The molecule has 1 saturated heterocycles. The van der Waals surface area contributed by atoms with E-state index in [2.05, 4.69) is 5.32 Å². The molecular formula is C18H18FN3O4. The van der Waals surface area contributed by atoms with Crippen molar-refractivity contribution >= 4 is 17.1 Å². The zero-order valence-electron chi connectivity index (χ0n) is 14.0. The smallest absolute Gasteiger partial charge is 0.272 e. The number of nitrogens with one attached hydrogen (secondary N) is 1. The second-order valence-electron chi connectivity index (χ2n) is 6.39. The number of nitro groups is 1. The van der Waals surface area contributed by atoms with Gasteiger partial charge in [0.25, 0.3) is 5.69 Å².